The minimum Gasteiger partial charge on any atom is -0.204 e. The fourth-order valence-electron chi connectivity index (χ4n) is 7.67. The van der Waals surface area contributed by atoms with Crippen molar-refractivity contribution in [3.8, 4) is 0 Å². The maximum atomic E-state index is 14.1. The predicted molar refractivity (Wildman–Crippen MR) is 130 cm³/mol. The Bertz CT molecular complexity index is 959. The summed E-state index contributed by atoms with van der Waals surface area (Å²) in [5, 5.41) is 0.653. The van der Waals surface area contributed by atoms with E-state index in [1.54, 1.807) is 6.07 Å². The summed E-state index contributed by atoms with van der Waals surface area (Å²) >= 11 is 0. The van der Waals surface area contributed by atoms with Crippen LogP contribution in [0.25, 0.3) is 10.8 Å². The second kappa shape index (κ2) is 10.0. The van der Waals surface area contributed by atoms with Crippen molar-refractivity contribution in [3.63, 3.8) is 0 Å². The van der Waals surface area contributed by atoms with Crippen LogP contribution in [0, 0.1) is 47.0 Å². The van der Waals surface area contributed by atoms with E-state index in [0.717, 1.165) is 42.1 Å². The lowest BCUT2D eigenvalue weighted by Crippen LogP contribution is -2.34. The van der Waals surface area contributed by atoms with Gasteiger partial charge >= 0.3 is 0 Å². The standard InChI is InChI=1S/C30H39F3/c1-2-3-4-19-5-7-20(8-6-19)21-9-10-23-16-24(12-11-22(23)15-21)25-13-14-27-26(17-25)18-28(31)30(33)29(27)32/h13-14,17-24H,2-12,15-16H2,1H3. The van der Waals surface area contributed by atoms with Crippen LogP contribution in [0.15, 0.2) is 24.3 Å². The fourth-order valence-corrected chi connectivity index (χ4v) is 7.67. The minimum absolute atomic E-state index is 0.177. The van der Waals surface area contributed by atoms with Gasteiger partial charge in [-0.2, -0.15) is 0 Å². The first kappa shape index (κ1) is 23.2. The van der Waals surface area contributed by atoms with Crippen LogP contribution < -0.4 is 0 Å². The summed E-state index contributed by atoms with van der Waals surface area (Å²) in [4.78, 5) is 0. The average Bonchev–Trinajstić information content (AvgIpc) is 2.85. The van der Waals surface area contributed by atoms with Gasteiger partial charge in [0.05, 0.1) is 0 Å². The Labute approximate surface area is 197 Å². The number of benzene rings is 2. The van der Waals surface area contributed by atoms with Gasteiger partial charge in [0.2, 0.25) is 0 Å². The molecule has 3 aliphatic carbocycles. The Morgan fingerprint density at radius 3 is 2.15 bits per heavy atom. The van der Waals surface area contributed by atoms with Crippen LogP contribution in [0.5, 0.6) is 0 Å². The highest BCUT2D eigenvalue weighted by Crippen LogP contribution is 2.51. The molecule has 2 aromatic rings. The van der Waals surface area contributed by atoms with Crippen molar-refractivity contribution in [2.75, 3.05) is 0 Å². The molecule has 3 saturated carbocycles. The molecule has 2 aromatic carbocycles. The second-order valence-electron chi connectivity index (χ2n) is 11.5. The summed E-state index contributed by atoms with van der Waals surface area (Å²) in [7, 11) is 0. The van der Waals surface area contributed by atoms with E-state index in [2.05, 4.69) is 6.92 Å². The van der Waals surface area contributed by atoms with Crippen molar-refractivity contribution in [2.24, 2.45) is 29.6 Å². The highest BCUT2D eigenvalue weighted by atomic mass is 19.2. The number of rotatable bonds is 5. The molecule has 0 bridgehead atoms. The smallest absolute Gasteiger partial charge is 0.195 e. The maximum absolute atomic E-state index is 14.1. The molecule has 4 atom stereocenters. The molecule has 3 heteroatoms. The number of unbranched alkanes of at least 4 members (excludes halogenated alkanes) is 1. The molecule has 180 valence electrons. The molecule has 3 aliphatic rings. The summed E-state index contributed by atoms with van der Waals surface area (Å²) in [6.07, 6.45) is 17.8. The largest absolute Gasteiger partial charge is 0.204 e. The first-order valence-electron chi connectivity index (χ1n) is 13.6. The van der Waals surface area contributed by atoms with Crippen LogP contribution in [-0.4, -0.2) is 0 Å². The highest BCUT2D eigenvalue weighted by Gasteiger charge is 2.39. The van der Waals surface area contributed by atoms with Gasteiger partial charge in [0.1, 0.15) is 0 Å². The van der Waals surface area contributed by atoms with Gasteiger partial charge in [-0.25, -0.2) is 13.2 Å². The Kier molecular flexibility index (Phi) is 7.04. The van der Waals surface area contributed by atoms with Crippen LogP contribution in [0.4, 0.5) is 13.2 Å². The van der Waals surface area contributed by atoms with Crippen LogP contribution in [0.3, 0.4) is 0 Å². The zero-order valence-corrected chi connectivity index (χ0v) is 20.1. The monoisotopic (exact) mass is 456 g/mol. The molecule has 0 heterocycles. The highest BCUT2D eigenvalue weighted by molar-refractivity contribution is 5.84. The lowest BCUT2D eigenvalue weighted by Gasteiger charge is -2.45. The molecule has 0 nitrogen and oxygen atoms in total. The molecular formula is C30H39F3. The van der Waals surface area contributed by atoms with E-state index < -0.39 is 17.5 Å². The van der Waals surface area contributed by atoms with Gasteiger partial charge in [-0.3, -0.25) is 0 Å². The van der Waals surface area contributed by atoms with Crippen molar-refractivity contribution < 1.29 is 13.2 Å². The molecule has 5 rings (SSSR count). The minimum atomic E-state index is -1.37. The fraction of sp³-hybridized carbons (Fsp3) is 0.667. The third-order valence-electron chi connectivity index (χ3n) is 9.65. The van der Waals surface area contributed by atoms with Crippen molar-refractivity contribution in [3.05, 3.63) is 47.3 Å². The summed E-state index contributed by atoms with van der Waals surface area (Å²) in [6, 6.07) is 6.62. The molecular weight excluding hydrogens is 417 g/mol. The van der Waals surface area contributed by atoms with Crippen molar-refractivity contribution in [1.82, 2.24) is 0 Å². The van der Waals surface area contributed by atoms with Crippen LogP contribution in [0.2, 0.25) is 0 Å². The third kappa shape index (κ3) is 4.84. The van der Waals surface area contributed by atoms with Crippen LogP contribution >= 0.6 is 0 Å². The summed E-state index contributed by atoms with van der Waals surface area (Å²) in [5.41, 5.74) is 1.17. The molecule has 0 radical (unpaired) electrons. The second-order valence-corrected chi connectivity index (χ2v) is 11.5. The Balaban J connectivity index is 1.19. The number of hydrogen-bond donors (Lipinski definition) is 0. The molecule has 0 amide bonds. The zero-order chi connectivity index (χ0) is 22.9. The van der Waals surface area contributed by atoms with E-state index in [9.17, 15) is 13.2 Å². The number of fused-ring (bicyclic) bond motifs is 2. The molecule has 33 heavy (non-hydrogen) atoms. The van der Waals surface area contributed by atoms with E-state index in [4.69, 9.17) is 0 Å². The Morgan fingerprint density at radius 1 is 0.727 bits per heavy atom. The van der Waals surface area contributed by atoms with E-state index in [1.165, 1.54) is 82.6 Å². The molecule has 0 N–H and O–H groups in total. The van der Waals surface area contributed by atoms with Gasteiger partial charge in [0, 0.05) is 5.39 Å². The molecule has 0 saturated heterocycles. The van der Waals surface area contributed by atoms with Crippen molar-refractivity contribution in [1.29, 1.82) is 0 Å². The molecule has 4 unspecified atom stereocenters. The van der Waals surface area contributed by atoms with Gasteiger partial charge in [-0.15, -0.1) is 0 Å². The number of hydrogen-bond acceptors (Lipinski definition) is 0. The van der Waals surface area contributed by atoms with E-state index in [0.29, 0.717) is 11.3 Å². The normalized spacial score (nSPS) is 32.6. The molecule has 0 aliphatic heterocycles. The summed E-state index contributed by atoms with van der Waals surface area (Å²) in [5.74, 6) is 1.47. The van der Waals surface area contributed by atoms with E-state index in [-0.39, 0.29) is 5.39 Å². The van der Waals surface area contributed by atoms with Gasteiger partial charge in [-0.05, 0) is 104 Å². The first-order chi connectivity index (χ1) is 16.0. The van der Waals surface area contributed by atoms with Gasteiger partial charge in [0.25, 0.3) is 0 Å². The molecule has 3 fully saturated rings. The molecule has 0 spiro atoms. The predicted octanol–water partition coefficient (Wildman–Crippen LogP) is 9.55. The quantitative estimate of drug-likeness (QED) is 0.393. The third-order valence-corrected chi connectivity index (χ3v) is 9.65. The lowest BCUT2D eigenvalue weighted by atomic mass is 9.60. The van der Waals surface area contributed by atoms with Crippen molar-refractivity contribution in [2.45, 2.75) is 96.3 Å². The number of halogens is 3. The SMILES string of the molecule is CCCCC1CCC(C2CCC3CC(c4ccc5c(F)c(F)c(F)cc5c4)CCC3C2)CC1. The maximum Gasteiger partial charge on any atom is 0.195 e. The van der Waals surface area contributed by atoms with Crippen molar-refractivity contribution >= 4 is 10.8 Å². The topological polar surface area (TPSA) is 0 Å². The van der Waals surface area contributed by atoms with Crippen LogP contribution in [0.1, 0.15) is 102 Å². The van der Waals surface area contributed by atoms with Gasteiger partial charge < -0.3 is 0 Å². The van der Waals surface area contributed by atoms with Gasteiger partial charge in [-0.1, -0.05) is 57.2 Å². The Morgan fingerprint density at radius 2 is 1.39 bits per heavy atom. The Hall–Kier alpha value is -1.51. The zero-order valence-electron chi connectivity index (χ0n) is 20.1. The van der Waals surface area contributed by atoms with Crippen LogP contribution in [-0.2, 0) is 0 Å². The summed E-state index contributed by atoms with van der Waals surface area (Å²) in [6.45, 7) is 2.31. The first-order valence-corrected chi connectivity index (χ1v) is 13.6. The summed E-state index contributed by atoms with van der Waals surface area (Å²) < 4.78 is 41.4. The van der Waals surface area contributed by atoms with E-state index in [1.807, 2.05) is 12.1 Å². The average molecular weight is 457 g/mol. The molecule has 0 aromatic heterocycles. The lowest BCUT2D eigenvalue weighted by molar-refractivity contribution is 0.0711. The van der Waals surface area contributed by atoms with E-state index >= 15 is 0 Å². The van der Waals surface area contributed by atoms with Gasteiger partial charge in [0.15, 0.2) is 17.5 Å².